The molecule has 8 heteroatoms. The second kappa shape index (κ2) is 8.43. The maximum atomic E-state index is 12.5. The molecule has 0 aromatic heterocycles. The van der Waals surface area contributed by atoms with E-state index in [1.165, 1.54) is 6.92 Å². The molecule has 28 heavy (non-hydrogen) atoms. The van der Waals surface area contributed by atoms with Crippen LogP contribution >= 0.6 is 0 Å². The lowest BCUT2D eigenvalue weighted by atomic mass is 10.0. The first-order chi connectivity index (χ1) is 13.1. The lowest BCUT2D eigenvalue weighted by molar-refractivity contribution is -0.384. The SMILES string of the molecule is COC(=O)c1cc(C(=O)O[C@@H](C)C(=O)c2ccc(C)c(C)c2)cc([N+](=O)[O-])c1. The molecule has 2 aromatic carbocycles. The fourth-order valence-electron chi connectivity index (χ4n) is 2.48. The maximum absolute atomic E-state index is 12.5. The van der Waals surface area contributed by atoms with Crippen LogP contribution < -0.4 is 0 Å². The molecule has 0 aliphatic heterocycles. The van der Waals surface area contributed by atoms with E-state index < -0.39 is 34.4 Å². The Labute approximate surface area is 161 Å². The number of nitrogens with zero attached hydrogens (tertiary/aromatic N) is 1. The first kappa shape index (κ1) is 20.8. The van der Waals surface area contributed by atoms with Crippen LogP contribution in [0.2, 0.25) is 0 Å². The number of benzene rings is 2. The molecule has 0 bridgehead atoms. The summed E-state index contributed by atoms with van der Waals surface area (Å²) < 4.78 is 9.70. The van der Waals surface area contributed by atoms with Crippen LogP contribution in [0.25, 0.3) is 0 Å². The van der Waals surface area contributed by atoms with Crippen LogP contribution in [-0.2, 0) is 9.47 Å². The molecule has 0 unspecified atom stereocenters. The zero-order valence-electron chi connectivity index (χ0n) is 15.8. The Kier molecular flexibility index (Phi) is 6.25. The van der Waals surface area contributed by atoms with Gasteiger partial charge < -0.3 is 9.47 Å². The number of hydrogen-bond donors (Lipinski definition) is 0. The molecular weight excluding hydrogens is 366 g/mol. The zero-order chi connectivity index (χ0) is 21.0. The topological polar surface area (TPSA) is 113 Å². The molecule has 1 atom stereocenters. The number of ether oxygens (including phenoxy) is 2. The summed E-state index contributed by atoms with van der Waals surface area (Å²) in [6.07, 6.45) is -1.12. The maximum Gasteiger partial charge on any atom is 0.339 e. The Hall–Kier alpha value is -3.55. The molecule has 0 aliphatic carbocycles. The second-order valence-electron chi connectivity index (χ2n) is 6.23. The number of ketones is 1. The van der Waals surface area contributed by atoms with Crippen LogP contribution in [0.3, 0.4) is 0 Å². The highest BCUT2D eigenvalue weighted by Crippen LogP contribution is 2.20. The Balaban J connectivity index is 2.26. The van der Waals surface area contributed by atoms with Crippen molar-refractivity contribution in [1.82, 2.24) is 0 Å². The number of nitro groups is 1. The van der Waals surface area contributed by atoms with E-state index in [0.29, 0.717) is 5.56 Å². The number of carbonyl (C=O) groups excluding carboxylic acids is 3. The highest BCUT2D eigenvalue weighted by Gasteiger charge is 2.24. The molecule has 0 saturated carbocycles. The highest BCUT2D eigenvalue weighted by atomic mass is 16.6. The van der Waals surface area contributed by atoms with Crippen molar-refractivity contribution in [1.29, 1.82) is 0 Å². The van der Waals surface area contributed by atoms with Crippen molar-refractivity contribution in [3.63, 3.8) is 0 Å². The van der Waals surface area contributed by atoms with Gasteiger partial charge in [0, 0.05) is 17.7 Å². The Bertz CT molecular complexity index is 965. The summed E-state index contributed by atoms with van der Waals surface area (Å²) in [5.74, 6) is -2.20. The lowest BCUT2D eigenvalue weighted by Crippen LogP contribution is -2.24. The quantitative estimate of drug-likeness (QED) is 0.324. The van der Waals surface area contributed by atoms with E-state index in [1.807, 2.05) is 13.8 Å². The molecule has 0 N–H and O–H groups in total. The van der Waals surface area contributed by atoms with Gasteiger partial charge in [0.1, 0.15) is 0 Å². The molecule has 0 aliphatic rings. The monoisotopic (exact) mass is 385 g/mol. The zero-order valence-corrected chi connectivity index (χ0v) is 15.8. The van der Waals surface area contributed by atoms with Crippen molar-refractivity contribution < 1.29 is 28.8 Å². The van der Waals surface area contributed by atoms with Crippen LogP contribution in [0.5, 0.6) is 0 Å². The molecule has 2 aromatic rings. The molecule has 2 rings (SSSR count). The van der Waals surface area contributed by atoms with E-state index >= 15 is 0 Å². The van der Waals surface area contributed by atoms with Gasteiger partial charge in [0.15, 0.2) is 6.10 Å². The number of Topliss-reactive ketones (excluding diaryl/α,β-unsaturated/α-hetero) is 1. The van der Waals surface area contributed by atoms with Gasteiger partial charge >= 0.3 is 11.9 Å². The minimum absolute atomic E-state index is 0.170. The number of carbonyl (C=O) groups is 3. The van der Waals surface area contributed by atoms with Crippen LogP contribution in [0.1, 0.15) is 49.1 Å². The molecule has 0 fully saturated rings. The van der Waals surface area contributed by atoms with E-state index in [-0.39, 0.29) is 11.1 Å². The van der Waals surface area contributed by atoms with Crippen LogP contribution in [-0.4, -0.2) is 35.9 Å². The molecule has 0 heterocycles. The predicted molar refractivity (Wildman–Crippen MR) is 99.6 cm³/mol. The number of non-ortho nitro benzene ring substituents is 1. The fourth-order valence-corrected chi connectivity index (χ4v) is 2.48. The van der Waals surface area contributed by atoms with Crippen molar-refractivity contribution in [2.45, 2.75) is 26.9 Å². The summed E-state index contributed by atoms with van der Waals surface area (Å²) in [7, 11) is 1.11. The number of methoxy groups -OCH3 is 1. The average molecular weight is 385 g/mol. The third-order valence-corrected chi connectivity index (χ3v) is 4.23. The summed E-state index contributed by atoms with van der Waals surface area (Å²) in [6, 6.07) is 8.21. The van der Waals surface area contributed by atoms with Gasteiger partial charge in [0.05, 0.1) is 23.2 Å². The van der Waals surface area contributed by atoms with E-state index in [4.69, 9.17) is 4.74 Å². The predicted octanol–water partition coefficient (Wildman–Crippen LogP) is 3.43. The van der Waals surface area contributed by atoms with Crippen LogP contribution in [0, 0.1) is 24.0 Å². The average Bonchev–Trinajstić information content (AvgIpc) is 2.68. The molecule has 146 valence electrons. The molecule has 0 radical (unpaired) electrons. The first-order valence-electron chi connectivity index (χ1n) is 8.34. The van der Waals surface area contributed by atoms with Crippen molar-refractivity contribution in [3.8, 4) is 0 Å². The summed E-state index contributed by atoms with van der Waals surface area (Å²) in [5.41, 5.74) is 1.46. The fraction of sp³-hybridized carbons (Fsp3) is 0.250. The largest absolute Gasteiger partial charge is 0.465 e. The first-order valence-corrected chi connectivity index (χ1v) is 8.34. The third kappa shape index (κ3) is 4.59. The van der Waals surface area contributed by atoms with Gasteiger partial charge in [-0.15, -0.1) is 0 Å². The lowest BCUT2D eigenvalue weighted by Gasteiger charge is -2.13. The minimum Gasteiger partial charge on any atom is -0.465 e. The van der Waals surface area contributed by atoms with E-state index in [9.17, 15) is 24.5 Å². The van der Waals surface area contributed by atoms with E-state index in [2.05, 4.69) is 4.74 Å². The molecule has 0 spiro atoms. The molecule has 0 amide bonds. The van der Waals surface area contributed by atoms with Crippen molar-refractivity contribution in [3.05, 3.63) is 74.3 Å². The second-order valence-corrected chi connectivity index (χ2v) is 6.23. The summed E-state index contributed by atoms with van der Waals surface area (Å²) in [6.45, 7) is 5.18. The summed E-state index contributed by atoms with van der Waals surface area (Å²) >= 11 is 0. The molecule has 8 nitrogen and oxygen atoms in total. The smallest absolute Gasteiger partial charge is 0.339 e. The van der Waals surface area contributed by atoms with Crippen molar-refractivity contribution in [2.24, 2.45) is 0 Å². The van der Waals surface area contributed by atoms with E-state index in [0.717, 1.165) is 36.4 Å². The van der Waals surface area contributed by atoms with Gasteiger partial charge in [-0.25, -0.2) is 9.59 Å². The van der Waals surface area contributed by atoms with E-state index in [1.54, 1.807) is 18.2 Å². The number of esters is 2. The third-order valence-electron chi connectivity index (χ3n) is 4.23. The highest BCUT2D eigenvalue weighted by molar-refractivity contribution is 6.02. The number of nitro benzene ring substituents is 1. The number of rotatable bonds is 6. The van der Waals surface area contributed by atoms with Crippen LogP contribution in [0.15, 0.2) is 36.4 Å². The van der Waals surface area contributed by atoms with Gasteiger partial charge in [-0.1, -0.05) is 12.1 Å². The number of aryl methyl sites for hydroxylation is 2. The molecular formula is C20H19NO7. The van der Waals surface area contributed by atoms with Crippen molar-refractivity contribution in [2.75, 3.05) is 7.11 Å². The normalized spacial score (nSPS) is 11.4. The minimum atomic E-state index is -1.12. The van der Waals surface area contributed by atoms with Gasteiger partial charge in [0.2, 0.25) is 5.78 Å². The Morgan fingerprint density at radius 1 is 0.929 bits per heavy atom. The summed E-state index contributed by atoms with van der Waals surface area (Å²) in [5, 5.41) is 11.1. The summed E-state index contributed by atoms with van der Waals surface area (Å²) in [4.78, 5) is 46.9. The van der Waals surface area contributed by atoms with Gasteiger partial charge in [0.25, 0.3) is 5.69 Å². The number of hydrogen-bond acceptors (Lipinski definition) is 7. The standard InChI is InChI=1S/C20H19NO7/c1-11-5-6-14(7-12(11)2)18(22)13(3)28-20(24)16-8-15(19(23)27-4)9-17(10-16)21(25)26/h5-10,13H,1-4H3/t13-/m0/s1. The van der Waals surface area contributed by atoms with Crippen molar-refractivity contribution >= 4 is 23.4 Å². The molecule has 0 saturated heterocycles. The van der Waals surface area contributed by atoms with Gasteiger partial charge in [-0.05, 0) is 44.0 Å². The van der Waals surface area contributed by atoms with Gasteiger partial charge in [-0.3, -0.25) is 14.9 Å². The van der Waals surface area contributed by atoms with Crippen LogP contribution in [0.4, 0.5) is 5.69 Å². The Morgan fingerprint density at radius 3 is 2.07 bits per heavy atom. The van der Waals surface area contributed by atoms with Gasteiger partial charge in [-0.2, -0.15) is 0 Å². The Morgan fingerprint density at radius 2 is 1.54 bits per heavy atom.